The van der Waals surface area contributed by atoms with Gasteiger partial charge in [0.25, 0.3) is 0 Å². The first kappa shape index (κ1) is 25.9. The predicted octanol–water partition coefficient (Wildman–Crippen LogP) is 0.0231. The second kappa shape index (κ2) is 11.6. The minimum absolute atomic E-state index is 0.254. The van der Waals surface area contributed by atoms with Crippen LogP contribution in [-0.2, 0) is 19.1 Å². The van der Waals surface area contributed by atoms with Gasteiger partial charge in [-0.05, 0) is 23.8 Å². The van der Waals surface area contributed by atoms with Crippen LogP contribution >= 0.6 is 0 Å². The van der Waals surface area contributed by atoms with E-state index in [-0.39, 0.29) is 11.5 Å². The molecule has 0 saturated carbocycles. The molecule has 4 N–H and O–H groups in total. The Morgan fingerprint density at radius 2 is 1.71 bits per heavy atom. The quantitative estimate of drug-likeness (QED) is 0.272. The molecule has 1 saturated heterocycles. The summed E-state index contributed by atoms with van der Waals surface area (Å²) >= 11 is 0. The number of hydrogen-bond donors (Lipinski definition) is 4. The summed E-state index contributed by atoms with van der Waals surface area (Å²) in [6, 6.07) is 9.19. The highest BCUT2D eigenvalue weighted by atomic mass is 16.7. The van der Waals surface area contributed by atoms with Gasteiger partial charge in [0.05, 0.1) is 13.2 Å². The van der Waals surface area contributed by atoms with E-state index in [1.165, 1.54) is 13.2 Å². The minimum atomic E-state index is -1.67. The predicted molar refractivity (Wildman–Crippen MR) is 117 cm³/mol. The molecule has 12 heteroatoms. The molecule has 12 nitrogen and oxygen atoms in total. The lowest BCUT2D eigenvalue weighted by atomic mass is 9.99. The van der Waals surface area contributed by atoms with E-state index < -0.39 is 61.3 Å². The van der Waals surface area contributed by atoms with Crippen molar-refractivity contribution in [1.82, 2.24) is 0 Å². The van der Waals surface area contributed by atoms with Crippen LogP contribution in [0.3, 0.4) is 0 Å². The first-order valence-corrected chi connectivity index (χ1v) is 10.4. The third-order valence-electron chi connectivity index (χ3n) is 4.94. The van der Waals surface area contributed by atoms with Gasteiger partial charge in [-0.2, -0.15) is 0 Å². The van der Waals surface area contributed by atoms with Crippen molar-refractivity contribution >= 4 is 24.1 Å². The van der Waals surface area contributed by atoms with Gasteiger partial charge in [0.1, 0.15) is 54.7 Å². The number of carboxylic acids is 1. The third-order valence-corrected chi connectivity index (χ3v) is 4.94. The third kappa shape index (κ3) is 7.13. The Morgan fingerprint density at radius 1 is 1.00 bits per heavy atom. The minimum Gasteiger partial charge on any atom is -0.496 e. The molecule has 1 aliphatic rings. The van der Waals surface area contributed by atoms with Gasteiger partial charge in [-0.25, -0.2) is 4.79 Å². The van der Waals surface area contributed by atoms with E-state index in [1.807, 2.05) is 0 Å². The Labute approximate surface area is 198 Å². The Hall–Kier alpha value is -3.71. The van der Waals surface area contributed by atoms with Crippen molar-refractivity contribution in [3.63, 3.8) is 0 Å². The number of aliphatic carboxylic acids is 1. The molecule has 5 atom stereocenters. The van der Waals surface area contributed by atoms with Crippen molar-refractivity contribution < 1.29 is 53.4 Å². The van der Waals surface area contributed by atoms with E-state index in [2.05, 4.69) is 0 Å². The molecule has 0 unspecified atom stereocenters. The zero-order chi connectivity index (χ0) is 25.5. The lowest BCUT2D eigenvalue weighted by Gasteiger charge is -2.39. The maximum absolute atomic E-state index is 11.5. The highest BCUT2D eigenvalue weighted by Gasteiger charge is 2.45. The molecule has 0 spiro atoms. The fourth-order valence-electron chi connectivity index (χ4n) is 3.14. The number of methoxy groups -OCH3 is 1. The molecule has 35 heavy (non-hydrogen) atoms. The van der Waals surface area contributed by atoms with Crippen molar-refractivity contribution in [1.29, 1.82) is 0 Å². The maximum Gasteiger partial charge on any atom is 0.339 e. The number of aliphatic hydroxyl groups excluding tert-OH is 3. The van der Waals surface area contributed by atoms with Gasteiger partial charge in [-0.15, -0.1) is 0 Å². The van der Waals surface area contributed by atoms with Crippen LogP contribution in [0.5, 0.6) is 11.5 Å². The van der Waals surface area contributed by atoms with E-state index in [1.54, 1.807) is 42.5 Å². The molecule has 1 aliphatic heterocycles. The molecule has 0 amide bonds. The Kier molecular flexibility index (Phi) is 8.60. The van der Waals surface area contributed by atoms with Crippen molar-refractivity contribution in [3.8, 4) is 11.5 Å². The van der Waals surface area contributed by atoms with Crippen LogP contribution < -0.4 is 15.1 Å². The molecule has 0 radical (unpaired) electrons. The molecule has 3 rings (SSSR count). The zero-order valence-electron chi connectivity index (χ0n) is 18.5. The fourth-order valence-corrected chi connectivity index (χ4v) is 3.14. The van der Waals surface area contributed by atoms with Crippen molar-refractivity contribution in [2.45, 2.75) is 37.1 Å². The van der Waals surface area contributed by atoms with Gasteiger partial charge in [-0.1, -0.05) is 18.2 Å². The van der Waals surface area contributed by atoms with Crippen LogP contribution in [0.25, 0.3) is 12.2 Å². The van der Waals surface area contributed by atoms with Gasteiger partial charge in [0.2, 0.25) is 6.29 Å². The summed E-state index contributed by atoms with van der Waals surface area (Å²) in [4.78, 5) is 33.5. The number of esters is 1. The monoisotopic (exact) mass is 492 g/mol. The van der Waals surface area contributed by atoms with Crippen LogP contribution in [0.2, 0.25) is 0 Å². The SMILES string of the molecule is COc1cc(C=Cc2ccc(O[C@@H]3O[C@H](COC(=O)CC(=O)O)[C@@H](O)[C@H](O)[C@H]3O)cc2)oc(=O)c1. The summed E-state index contributed by atoms with van der Waals surface area (Å²) < 4.78 is 25.8. The average molecular weight is 492 g/mol. The Balaban J connectivity index is 1.63. The van der Waals surface area contributed by atoms with E-state index in [4.69, 9.17) is 28.5 Å². The van der Waals surface area contributed by atoms with E-state index >= 15 is 0 Å². The molecule has 1 aromatic heterocycles. The normalized spacial score (nSPS) is 24.2. The first-order valence-electron chi connectivity index (χ1n) is 10.4. The number of hydrogen-bond acceptors (Lipinski definition) is 11. The van der Waals surface area contributed by atoms with Crippen molar-refractivity contribution in [2.24, 2.45) is 0 Å². The highest BCUT2D eigenvalue weighted by molar-refractivity contribution is 5.90. The number of carboxylic acid groups (broad SMARTS) is 1. The number of benzene rings is 1. The number of rotatable bonds is 9. The van der Waals surface area contributed by atoms with E-state index in [9.17, 15) is 29.7 Å². The zero-order valence-corrected chi connectivity index (χ0v) is 18.5. The van der Waals surface area contributed by atoms with Crippen LogP contribution in [0, 0.1) is 0 Å². The van der Waals surface area contributed by atoms with Gasteiger partial charge < -0.3 is 43.8 Å². The van der Waals surface area contributed by atoms with Crippen LogP contribution in [0.15, 0.2) is 45.6 Å². The van der Waals surface area contributed by atoms with Gasteiger partial charge in [0.15, 0.2) is 0 Å². The Bertz CT molecular complexity index is 1110. The molecule has 1 aromatic carbocycles. The first-order chi connectivity index (χ1) is 16.7. The standard InChI is InChI=1S/C23H24O12/c1-31-15-8-14(33-19(27)9-15)7-4-12-2-5-13(6-3-12)34-23-22(30)21(29)20(28)16(35-23)11-32-18(26)10-17(24)25/h2-9,16,20-23,28-30H,10-11H2,1H3,(H,24,25)/t16-,20-,21+,22-,23-/m1/s1. The molecular formula is C23H24O12. The van der Waals surface area contributed by atoms with E-state index in [0.717, 1.165) is 0 Å². The van der Waals surface area contributed by atoms with Gasteiger partial charge in [0, 0.05) is 6.07 Å². The number of ether oxygens (including phenoxy) is 4. The lowest BCUT2D eigenvalue weighted by molar-refractivity contribution is -0.278. The lowest BCUT2D eigenvalue weighted by Crippen LogP contribution is -2.60. The molecule has 0 bridgehead atoms. The molecule has 2 heterocycles. The van der Waals surface area contributed by atoms with Crippen LogP contribution in [-0.4, -0.2) is 76.8 Å². The van der Waals surface area contributed by atoms with E-state index in [0.29, 0.717) is 11.3 Å². The van der Waals surface area contributed by atoms with Crippen molar-refractivity contribution in [3.05, 3.63) is 58.1 Å². The number of carbonyl (C=O) groups is 2. The molecule has 2 aromatic rings. The average Bonchev–Trinajstić information content (AvgIpc) is 2.82. The second-order valence-corrected chi connectivity index (χ2v) is 7.51. The largest absolute Gasteiger partial charge is 0.496 e. The highest BCUT2D eigenvalue weighted by Crippen LogP contribution is 2.25. The number of carbonyl (C=O) groups excluding carboxylic acids is 1. The smallest absolute Gasteiger partial charge is 0.339 e. The topological polar surface area (TPSA) is 182 Å². The maximum atomic E-state index is 11.5. The second-order valence-electron chi connectivity index (χ2n) is 7.51. The fraction of sp³-hybridized carbons (Fsp3) is 0.348. The summed E-state index contributed by atoms with van der Waals surface area (Å²) in [5, 5.41) is 39.0. The summed E-state index contributed by atoms with van der Waals surface area (Å²) in [5.41, 5.74) is 0.160. The van der Waals surface area contributed by atoms with Gasteiger partial charge >= 0.3 is 17.6 Å². The summed E-state index contributed by atoms with van der Waals surface area (Å²) in [6.07, 6.45) is -5.20. The Morgan fingerprint density at radius 3 is 2.37 bits per heavy atom. The summed E-state index contributed by atoms with van der Waals surface area (Å²) in [6.45, 7) is -0.555. The van der Waals surface area contributed by atoms with Gasteiger partial charge in [-0.3, -0.25) is 9.59 Å². The molecular weight excluding hydrogens is 468 g/mol. The number of aliphatic hydroxyl groups is 3. The van der Waals surface area contributed by atoms with Crippen LogP contribution in [0.4, 0.5) is 0 Å². The van der Waals surface area contributed by atoms with Crippen molar-refractivity contribution in [2.75, 3.05) is 13.7 Å². The summed E-state index contributed by atoms with van der Waals surface area (Å²) in [5.74, 6) is -1.54. The molecule has 188 valence electrons. The summed E-state index contributed by atoms with van der Waals surface area (Å²) in [7, 11) is 1.43. The molecule has 0 aliphatic carbocycles. The molecule has 1 fully saturated rings. The van der Waals surface area contributed by atoms with Crippen LogP contribution in [0.1, 0.15) is 17.7 Å².